The molecule has 7 heteroatoms. The van der Waals surface area contributed by atoms with E-state index in [9.17, 15) is 14.7 Å². The van der Waals surface area contributed by atoms with Crippen molar-refractivity contribution in [1.82, 2.24) is 9.88 Å². The molecule has 1 fully saturated rings. The number of rotatable bonds is 6. The van der Waals surface area contributed by atoms with Gasteiger partial charge in [0.2, 0.25) is 0 Å². The van der Waals surface area contributed by atoms with E-state index < -0.39 is 17.7 Å². The third kappa shape index (κ3) is 4.30. The minimum atomic E-state index is -0.725. The molecule has 168 valence electrons. The highest BCUT2D eigenvalue weighted by Crippen LogP contribution is 2.40. The second-order valence-corrected chi connectivity index (χ2v) is 8.00. The summed E-state index contributed by atoms with van der Waals surface area (Å²) in [6.45, 7) is 0.215. The van der Waals surface area contributed by atoms with E-state index >= 15 is 0 Å². The van der Waals surface area contributed by atoms with Crippen LogP contribution in [0.3, 0.4) is 0 Å². The molecule has 0 radical (unpaired) electrons. The lowest BCUT2D eigenvalue weighted by molar-refractivity contribution is -0.140. The number of aliphatic hydroxyl groups is 1. The highest BCUT2D eigenvalue weighted by molar-refractivity contribution is 6.46. The number of amides is 1. The van der Waals surface area contributed by atoms with Gasteiger partial charge in [-0.3, -0.25) is 14.6 Å². The second kappa shape index (κ2) is 9.16. The number of Topliss-reactive ketones (excluding diaryl/α,β-unsaturated/α-hetero) is 1. The Bertz CT molecular complexity index is 1190. The first-order valence-corrected chi connectivity index (χ1v) is 10.5. The number of methoxy groups -OCH3 is 1. The van der Waals surface area contributed by atoms with Crippen molar-refractivity contribution >= 4 is 23.1 Å². The first-order valence-electron chi connectivity index (χ1n) is 10.5. The van der Waals surface area contributed by atoms with E-state index in [4.69, 9.17) is 4.74 Å². The Labute approximate surface area is 192 Å². The molecule has 1 unspecified atom stereocenters. The van der Waals surface area contributed by atoms with Gasteiger partial charge in [-0.05, 0) is 59.7 Å². The van der Waals surface area contributed by atoms with E-state index in [1.54, 1.807) is 55.9 Å². The third-order valence-corrected chi connectivity index (χ3v) is 5.73. The number of hydrogen-bond acceptors (Lipinski definition) is 6. The van der Waals surface area contributed by atoms with Gasteiger partial charge in [0.1, 0.15) is 11.5 Å². The molecular weight excluding hydrogens is 418 g/mol. The zero-order chi connectivity index (χ0) is 23.5. The Morgan fingerprint density at radius 1 is 1.00 bits per heavy atom. The molecule has 1 atom stereocenters. The number of hydrogen-bond donors (Lipinski definition) is 1. The summed E-state index contributed by atoms with van der Waals surface area (Å²) in [6.07, 6.45) is 3.29. The molecule has 0 bridgehead atoms. The molecule has 2 heterocycles. The number of carbonyl (C=O) groups is 2. The summed E-state index contributed by atoms with van der Waals surface area (Å²) in [4.78, 5) is 33.7. The molecule has 1 aliphatic heterocycles. The summed E-state index contributed by atoms with van der Waals surface area (Å²) in [5, 5.41) is 11.2. The Morgan fingerprint density at radius 2 is 1.64 bits per heavy atom. The molecule has 7 nitrogen and oxygen atoms in total. The van der Waals surface area contributed by atoms with Crippen molar-refractivity contribution in [3.8, 4) is 5.75 Å². The number of nitrogens with zero attached hydrogens (tertiary/aromatic N) is 3. The first-order chi connectivity index (χ1) is 15.9. The maximum Gasteiger partial charge on any atom is 0.295 e. The fraction of sp³-hybridized carbons (Fsp3) is 0.192. The largest absolute Gasteiger partial charge is 0.507 e. The molecule has 1 aliphatic rings. The van der Waals surface area contributed by atoms with Crippen LogP contribution in [0.5, 0.6) is 5.75 Å². The van der Waals surface area contributed by atoms with Gasteiger partial charge in [0, 0.05) is 44.3 Å². The molecule has 0 spiro atoms. The summed E-state index contributed by atoms with van der Waals surface area (Å²) < 4.78 is 5.18. The molecule has 2 aromatic carbocycles. The van der Waals surface area contributed by atoms with Crippen molar-refractivity contribution in [1.29, 1.82) is 0 Å². The number of aliphatic hydroxyl groups excluding tert-OH is 1. The van der Waals surface area contributed by atoms with E-state index in [0.717, 1.165) is 16.8 Å². The Kier molecular flexibility index (Phi) is 6.13. The average Bonchev–Trinajstić information content (AvgIpc) is 3.09. The Balaban J connectivity index is 1.83. The van der Waals surface area contributed by atoms with E-state index in [2.05, 4.69) is 4.98 Å². The van der Waals surface area contributed by atoms with Gasteiger partial charge >= 0.3 is 0 Å². The zero-order valence-corrected chi connectivity index (χ0v) is 18.7. The standard InChI is InChI=1S/C26H25N3O4/c1-28(2)20-8-4-18(5-9-20)23-22(24(30)19-6-10-21(33-3)11-7-19)25(31)26(32)29(23)16-17-12-14-27-15-13-17/h4-15,23,30H,16H2,1-3H3/b24-22-. The molecule has 33 heavy (non-hydrogen) atoms. The normalized spacial score (nSPS) is 17.3. The Hall–Kier alpha value is -4.13. The quantitative estimate of drug-likeness (QED) is 0.355. The van der Waals surface area contributed by atoms with Crippen LogP contribution >= 0.6 is 0 Å². The maximum atomic E-state index is 13.1. The number of benzene rings is 2. The van der Waals surface area contributed by atoms with E-state index in [0.29, 0.717) is 11.3 Å². The van der Waals surface area contributed by atoms with Gasteiger partial charge in [-0.15, -0.1) is 0 Å². The van der Waals surface area contributed by atoms with Crippen molar-refractivity contribution < 1.29 is 19.4 Å². The lowest BCUT2D eigenvalue weighted by Crippen LogP contribution is -2.29. The van der Waals surface area contributed by atoms with E-state index in [-0.39, 0.29) is 17.9 Å². The number of anilines is 1. The van der Waals surface area contributed by atoms with Gasteiger partial charge < -0.3 is 19.6 Å². The average molecular weight is 444 g/mol. The van der Waals surface area contributed by atoms with Crippen LogP contribution in [-0.2, 0) is 16.1 Å². The van der Waals surface area contributed by atoms with Crippen LogP contribution in [0.25, 0.3) is 5.76 Å². The van der Waals surface area contributed by atoms with Crippen LogP contribution < -0.4 is 9.64 Å². The smallest absolute Gasteiger partial charge is 0.295 e. The lowest BCUT2D eigenvalue weighted by Gasteiger charge is -2.26. The second-order valence-electron chi connectivity index (χ2n) is 8.00. The fourth-order valence-corrected chi connectivity index (χ4v) is 3.93. The van der Waals surface area contributed by atoms with Crippen molar-refractivity contribution in [2.24, 2.45) is 0 Å². The molecule has 1 amide bonds. The molecule has 1 saturated heterocycles. The molecule has 0 saturated carbocycles. The monoisotopic (exact) mass is 443 g/mol. The van der Waals surface area contributed by atoms with Gasteiger partial charge in [-0.1, -0.05) is 12.1 Å². The number of carbonyl (C=O) groups excluding carboxylic acids is 2. The van der Waals surface area contributed by atoms with Gasteiger partial charge in [-0.2, -0.15) is 0 Å². The summed E-state index contributed by atoms with van der Waals surface area (Å²) in [6, 6.07) is 17.2. The van der Waals surface area contributed by atoms with Crippen molar-refractivity contribution in [3.63, 3.8) is 0 Å². The predicted octanol–water partition coefficient (Wildman–Crippen LogP) is 3.78. The molecule has 1 N–H and O–H groups in total. The van der Waals surface area contributed by atoms with Gasteiger partial charge in [0.05, 0.1) is 18.7 Å². The van der Waals surface area contributed by atoms with Crippen LogP contribution in [0.15, 0.2) is 78.6 Å². The number of likely N-dealkylation sites (tertiary alicyclic amines) is 1. The summed E-state index contributed by atoms with van der Waals surface area (Å²) in [5.41, 5.74) is 3.07. The molecule has 1 aromatic heterocycles. The summed E-state index contributed by atoms with van der Waals surface area (Å²) in [7, 11) is 5.43. The lowest BCUT2D eigenvalue weighted by atomic mass is 9.95. The maximum absolute atomic E-state index is 13.1. The van der Waals surface area contributed by atoms with E-state index in [1.165, 1.54) is 4.90 Å². The van der Waals surface area contributed by atoms with Gasteiger partial charge in [0.15, 0.2) is 0 Å². The minimum absolute atomic E-state index is 0.0665. The molecular formula is C26H25N3O4. The SMILES string of the molecule is COc1ccc(/C(O)=C2/C(=O)C(=O)N(Cc3ccncc3)C2c2ccc(N(C)C)cc2)cc1. The fourth-order valence-electron chi connectivity index (χ4n) is 3.93. The van der Waals surface area contributed by atoms with Crippen molar-refractivity contribution in [3.05, 3.63) is 95.3 Å². The van der Waals surface area contributed by atoms with E-state index in [1.807, 2.05) is 43.3 Å². The summed E-state index contributed by atoms with van der Waals surface area (Å²) >= 11 is 0. The number of ketones is 1. The Morgan fingerprint density at radius 3 is 2.21 bits per heavy atom. The topological polar surface area (TPSA) is 83.0 Å². The minimum Gasteiger partial charge on any atom is -0.507 e. The van der Waals surface area contributed by atoms with Crippen LogP contribution in [0.1, 0.15) is 22.7 Å². The van der Waals surface area contributed by atoms with Crippen LogP contribution in [-0.4, -0.2) is 47.9 Å². The van der Waals surface area contributed by atoms with Gasteiger partial charge in [-0.25, -0.2) is 0 Å². The number of pyridine rings is 1. The number of ether oxygens (including phenoxy) is 1. The highest BCUT2D eigenvalue weighted by Gasteiger charge is 2.46. The zero-order valence-electron chi connectivity index (χ0n) is 18.7. The van der Waals surface area contributed by atoms with Crippen LogP contribution in [0.2, 0.25) is 0 Å². The predicted molar refractivity (Wildman–Crippen MR) is 126 cm³/mol. The molecule has 0 aliphatic carbocycles. The molecule has 4 rings (SSSR count). The van der Waals surface area contributed by atoms with Crippen LogP contribution in [0, 0.1) is 0 Å². The van der Waals surface area contributed by atoms with Crippen molar-refractivity contribution in [2.45, 2.75) is 12.6 Å². The highest BCUT2D eigenvalue weighted by atomic mass is 16.5. The van der Waals surface area contributed by atoms with Crippen LogP contribution in [0.4, 0.5) is 5.69 Å². The third-order valence-electron chi connectivity index (χ3n) is 5.73. The van der Waals surface area contributed by atoms with Crippen molar-refractivity contribution in [2.75, 3.05) is 26.1 Å². The summed E-state index contributed by atoms with van der Waals surface area (Å²) in [5.74, 6) is -0.946. The first kappa shape index (κ1) is 22.1. The molecule has 3 aromatic rings. The van der Waals surface area contributed by atoms with Gasteiger partial charge in [0.25, 0.3) is 11.7 Å². The number of aromatic nitrogens is 1.